The quantitative estimate of drug-likeness (QED) is 0.163. The van der Waals surface area contributed by atoms with Crippen LogP contribution in [0.5, 0.6) is 0 Å². The highest BCUT2D eigenvalue weighted by Crippen LogP contribution is 2.38. The van der Waals surface area contributed by atoms with Crippen molar-refractivity contribution in [3.05, 3.63) is 205 Å². The van der Waals surface area contributed by atoms with Crippen molar-refractivity contribution in [2.45, 2.75) is 0 Å². The SMILES string of the molecule is Cn1c(=O)n(C)c2cc(-c3ccc(-c4ccc(-c5ccc(-c6cc(-c7cccc(-c8ccccc8)c7)nc(-c7ccccc7)n6)cc5)c5ccccc45)cc3)ccc21. The standard InChI is InChI=1S/C53H38N4O/c1-56-50-31-28-42(33-51(50)57(2)53(56)58)36-20-22-37(23-21-36)44-29-30-45(47-19-10-9-18-46(44)47)38-24-26-39(27-25-38)48-34-49(55-52(54-48)40-14-7-4-8-15-40)43-17-11-16-41(32-43)35-12-5-3-6-13-35/h3-34H,1-2H3. The third kappa shape index (κ3) is 6.29. The van der Waals surface area contributed by atoms with Crippen LogP contribution >= 0.6 is 0 Å². The Kier molecular flexibility index (Phi) is 8.68. The lowest BCUT2D eigenvalue weighted by atomic mass is 9.91. The zero-order valence-electron chi connectivity index (χ0n) is 32.2. The van der Waals surface area contributed by atoms with Crippen LogP contribution in [0.25, 0.3) is 100 Å². The van der Waals surface area contributed by atoms with Gasteiger partial charge in [0.15, 0.2) is 5.82 Å². The summed E-state index contributed by atoms with van der Waals surface area (Å²) in [6.07, 6.45) is 0. The lowest BCUT2D eigenvalue weighted by Gasteiger charge is -2.14. The minimum Gasteiger partial charge on any atom is -0.295 e. The topological polar surface area (TPSA) is 52.7 Å². The third-order valence-electron chi connectivity index (χ3n) is 11.2. The predicted molar refractivity (Wildman–Crippen MR) is 239 cm³/mol. The van der Waals surface area contributed by atoms with Crippen LogP contribution in [-0.4, -0.2) is 19.1 Å². The van der Waals surface area contributed by atoms with Gasteiger partial charge >= 0.3 is 5.69 Å². The number of benzene rings is 8. The Bertz CT molecular complexity index is 3180. The Morgan fingerprint density at radius 3 is 1.43 bits per heavy atom. The molecule has 8 aromatic carbocycles. The fraction of sp³-hybridized carbons (Fsp3) is 0.0377. The van der Waals surface area contributed by atoms with Crippen molar-refractivity contribution in [1.82, 2.24) is 19.1 Å². The van der Waals surface area contributed by atoms with Gasteiger partial charge in [0.05, 0.1) is 22.4 Å². The lowest BCUT2D eigenvalue weighted by molar-refractivity contribution is 0.795. The molecule has 0 saturated carbocycles. The van der Waals surface area contributed by atoms with Gasteiger partial charge in [0.25, 0.3) is 0 Å². The average Bonchev–Trinajstić information content (AvgIpc) is 3.52. The zero-order valence-corrected chi connectivity index (χ0v) is 32.2. The van der Waals surface area contributed by atoms with E-state index in [2.05, 4.69) is 164 Å². The van der Waals surface area contributed by atoms with E-state index in [0.29, 0.717) is 5.82 Å². The second-order valence-corrected chi connectivity index (χ2v) is 14.7. The second-order valence-electron chi connectivity index (χ2n) is 14.7. The molecule has 10 aromatic rings. The molecule has 5 nitrogen and oxygen atoms in total. The van der Waals surface area contributed by atoms with E-state index in [9.17, 15) is 4.79 Å². The number of aromatic nitrogens is 4. The third-order valence-corrected chi connectivity index (χ3v) is 11.2. The molecule has 0 saturated heterocycles. The normalized spacial score (nSPS) is 11.3. The number of hydrogen-bond donors (Lipinski definition) is 0. The molecule has 0 bridgehead atoms. The monoisotopic (exact) mass is 746 g/mol. The van der Waals surface area contributed by atoms with Gasteiger partial charge in [-0.3, -0.25) is 9.13 Å². The summed E-state index contributed by atoms with van der Waals surface area (Å²) in [6, 6.07) is 68.1. The predicted octanol–water partition coefficient (Wildman–Crippen LogP) is 12.5. The first kappa shape index (κ1) is 34.8. The Hall–Kier alpha value is -7.63. The molecule has 0 N–H and O–H groups in total. The number of nitrogens with zero attached hydrogens (tertiary/aromatic N) is 4. The molecule has 0 spiro atoms. The number of aryl methyl sites for hydroxylation is 2. The highest BCUT2D eigenvalue weighted by atomic mass is 16.1. The molecule has 5 heteroatoms. The number of rotatable bonds is 7. The van der Waals surface area contributed by atoms with Crippen molar-refractivity contribution in [1.29, 1.82) is 0 Å². The maximum absolute atomic E-state index is 12.5. The molecule has 58 heavy (non-hydrogen) atoms. The van der Waals surface area contributed by atoms with E-state index in [1.807, 2.05) is 44.4 Å². The fourth-order valence-corrected chi connectivity index (χ4v) is 8.10. The molecular formula is C53H38N4O. The minimum atomic E-state index is -0.0210. The smallest absolute Gasteiger partial charge is 0.295 e. The summed E-state index contributed by atoms with van der Waals surface area (Å²) in [7, 11) is 3.64. The van der Waals surface area contributed by atoms with Gasteiger partial charge in [0.2, 0.25) is 0 Å². The van der Waals surface area contributed by atoms with E-state index in [1.54, 1.807) is 9.13 Å². The molecule has 0 fully saturated rings. The maximum Gasteiger partial charge on any atom is 0.328 e. The summed E-state index contributed by atoms with van der Waals surface area (Å²) in [6.45, 7) is 0. The molecule has 276 valence electrons. The molecule has 2 aromatic heterocycles. The van der Waals surface area contributed by atoms with Crippen molar-refractivity contribution in [3.8, 4) is 78.4 Å². The van der Waals surface area contributed by atoms with Crippen LogP contribution in [0, 0.1) is 0 Å². The number of fused-ring (bicyclic) bond motifs is 2. The van der Waals surface area contributed by atoms with Gasteiger partial charge < -0.3 is 0 Å². The van der Waals surface area contributed by atoms with E-state index in [-0.39, 0.29) is 5.69 Å². The van der Waals surface area contributed by atoms with Crippen LogP contribution in [0.15, 0.2) is 199 Å². The van der Waals surface area contributed by atoms with Gasteiger partial charge in [-0.25, -0.2) is 14.8 Å². The maximum atomic E-state index is 12.5. The van der Waals surface area contributed by atoms with Gasteiger partial charge in [-0.2, -0.15) is 0 Å². The van der Waals surface area contributed by atoms with E-state index < -0.39 is 0 Å². The summed E-state index contributed by atoms with van der Waals surface area (Å²) in [4.78, 5) is 22.7. The summed E-state index contributed by atoms with van der Waals surface area (Å²) >= 11 is 0. The Balaban J connectivity index is 0.986. The molecule has 0 aliphatic heterocycles. The minimum absolute atomic E-state index is 0.0210. The Morgan fingerprint density at radius 2 is 0.793 bits per heavy atom. The van der Waals surface area contributed by atoms with Gasteiger partial charge in [-0.1, -0.05) is 170 Å². The van der Waals surface area contributed by atoms with Crippen molar-refractivity contribution in [3.63, 3.8) is 0 Å². The summed E-state index contributed by atoms with van der Waals surface area (Å²) in [5, 5.41) is 2.39. The van der Waals surface area contributed by atoms with Crippen LogP contribution in [0.1, 0.15) is 0 Å². The van der Waals surface area contributed by atoms with Crippen LogP contribution in [-0.2, 0) is 14.1 Å². The van der Waals surface area contributed by atoms with Crippen LogP contribution in [0.2, 0.25) is 0 Å². The van der Waals surface area contributed by atoms with E-state index in [4.69, 9.17) is 9.97 Å². The molecule has 0 unspecified atom stereocenters. The van der Waals surface area contributed by atoms with E-state index in [1.165, 1.54) is 27.5 Å². The van der Waals surface area contributed by atoms with Crippen LogP contribution in [0.3, 0.4) is 0 Å². The molecule has 0 aliphatic rings. The first-order valence-corrected chi connectivity index (χ1v) is 19.5. The van der Waals surface area contributed by atoms with Crippen molar-refractivity contribution in [2.75, 3.05) is 0 Å². The molecule has 0 atom stereocenters. The Labute approximate surface area is 336 Å². The molecule has 10 rings (SSSR count). The van der Waals surface area contributed by atoms with E-state index in [0.717, 1.165) is 66.9 Å². The first-order valence-electron chi connectivity index (χ1n) is 19.5. The molecule has 0 radical (unpaired) electrons. The molecule has 0 aliphatic carbocycles. The average molecular weight is 747 g/mol. The lowest BCUT2D eigenvalue weighted by Crippen LogP contribution is -2.19. The highest BCUT2D eigenvalue weighted by molar-refractivity contribution is 6.05. The molecule has 0 amide bonds. The highest BCUT2D eigenvalue weighted by Gasteiger charge is 2.15. The summed E-state index contributed by atoms with van der Waals surface area (Å²) in [5.74, 6) is 0.695. The Morgan fingerprint density at radius 1 is 0.345 bits per heavy atom. The van der Waals surface area contributed by atoms with E-state index >= 15 is 0 Å². The second kappa shape index (κ2) is 14.5. The van der Waals surface area contributed by atoms with Gasteiger partial charge in [0, 0.05) is 30.8 Å². The van der Waals surface area contributed by atoms with Crippen LogP contribution in [0.4, 0.5) is 0 Å². The van der Waals surface area contributed by atoms with Crippen molar-refractivity contribution < 1.29 is 0 Å². The summed E-state index contributed by atoms with van der Waals surface area (Å²) in [5.41, 5.74) is 15.8. The fourth-order valence-electron chi connectivity index (χ4n) is 8.10. The molecule has 2 heterocycles. The zero-order chi connectivity index (χ0) is 39.2. The van der Waals surface area contributed by atoms with Gasteiger partial charge in [-0.05, 0) is 79.5 Å². The first-order chi connectivity index (χ1) is 28.5. The largest absolute Gasteiger partial charge is 0.328 e. The van der Waals surface area contributed by atoms with Gasteiger partial charge in [0.1, 0.15) is 0 Å². The summed E-state index contributed by atoms with van der Waals surface area (Å²) < 4.78 is 3.39. The van der Waals surface area contributed by atoms with Crippen molar-refractivity contribution in [2.24, 2.45) is 14.1 Å². The molecular weight excluding hydrogens is 709 g/mol. The van der Waals surface area contributed by atoms with Crippen molar-refractivity contribution >= 4 is 21.8 Å². The number of hydrogen-bond acceptors (Lipinski definition) is 3. The van der Waals surface area contributed by atoms with Gasteiger partial charge in [-0.15, -0.1) is 0 Å². The number of imidazole rings is 1. The van der Waals surface area contributed by atoms with Crippen LogP contribution < -0.4 is 5.69 Å².